The van der Waals surface area contributed by atoms with Gasteiger partial charge in [0, 0.05) is 13.1 Å². The van der Waals surface area contributed by atoms with Gasteiger partial charge in [0.2, 0.25) is 0 Å². The zero-order valence-electron chi connectivity index (χ0n) is 11.6. The Balaban J connectivity index is 2.69. The summed E-state index contributed by atoms with van der Waals surface area (Å²) in [5.41, 5.74) is 1.47. The quantitative estimate of drug-likeness (QED) is 0.801. The van der Waals surface area contributed by atoms with Crippen molar-refractivity contribution in [2.24, 2.45) is 5.92 Å². The van der Waals surface area contributed by atoms with E-state index in [2.05, 4.69) is 10.4 Å². The SMILES string of the molecule is CCc1cc(C(=O)NCC(O)C(C)C)n(CC)n1. The molecule has 0 aliphatic rings. The van der Waals surface area contributed by atoms with Crippen LogP contribution in [0.25, 0.3) is 0 Å². The first-order chi connectivity index (χ1) is 8.49. The predicted molar refractivity (Wildman–Crippen MR) is 70.5 cm³/mol. The third kappa shape index (κ3) is 3.57. The number of aromatic nitrogens is 2. The van der Waals surface area contributed by atoms with Crippen molar-refractivity contribution in [3.05, 3.63) is 17.5 Å². The molecule has 0 saturated heterocycles. The maximum absolute atomic E-state index is 12.0. The third-order valence-electron chi connectivity index (χ3n) is 2.97. The molecule has 5 heteroatoms. The van der Waals surface area contributed by atoms with Gasteiger partial charge in [-0.25, -0.2) is 0 Å². The van der Waals surface area contributed by atoms with Crippen LogP contribution >= 0.6 is 0 Å². The van der Waals surface area contributed by atoms with Gasteiger partial charge in [0.25, 0.3) is 5.91 Å². The number of aryl methyl sites for hydroxylation is 2. The van der Waals surface area contributed by atoms with Crippen molar-refractivity contribution < 1.29 is 9.90 Å². The van der Waals surface area contributed by atoms with Gasteiger partial charge in [0.05, 0.1) is 11.8 Å². The summed E-state index contributed by atoms with van der Waals surface area (Å²) < 4.78 is 1.69. The molecule has 0 saturated carbocycles. The van der Waals surface area contributed by atoms with Crippen LogP contribution in [0.1, 0.15) is 43.9 Å². The number of rotatable bonds is 6. The maximum atomic E-state index is 12.0. The van der Waals surface area contributed by atoms with Gasteiger partial charge in [-0.1, -0.05) is 20.8 Å². The van der Waals surface area contributed by atoms with Gasteiger partial charge in [0.1, 0.15) is 5.69 Å². The molecule has 1 rings (SSSR count). The smallest absolute Gasteiger partial charge is 0.269 e. The molecule has 2 N–H and O–H groups in total. The molecule has 0 bridgehead atoms. The Kier molecular flexibility index (Phi) is 5.34. The molecule has 0 spiro atoms. The molecule has 1 heterocycles. The second-order valence-corrected chi connectivity index (χ2v) is 4.71. The molecule has 1 unspecified atom stereocenters. The van der Waals surface area contributed by atoms with Crippen LogP contribution in [-0.4, -0.2) is 33.4 Å². The lowest BCUT2D eigenvalue weighted by atomic mass is 10.1. The first kappa shape index (κ1) is 14.7. The zero-order chi connectivity index (χ0) is 13.7. The molecule has 1 amide bonds. The topological polar surface area (TPSA) is 67.2 Å². The second kappa shape index (κ2) is 6.54. The Morgan fingerprint density at radius 1 is 1.50 bits per heavy atom. The number of aliphatic hydroxyl groups excluding tert-OH is 1. The Labute approximate surface area is 108 Å². The van der Waals surface area contributed by atoms with Crippen molar-refractivity contribution in [1.82, 2.24) is 15.1 Å². The molecule has 1 aromatic rings. The average molecular weight is 253 g/mol. The first-order valence-corrected chi connectivity index (χ1v) is 6.52. The summed E-state index contributed by atoms with van der Waals surface area (Å²) in [6, 6.07) is 1.81. The highest BCUT2D eigenvalue weighted by molar-refractivity contribution is 5.92. The molecular weight excluding hydrogens is 230 g/mol. The number of carbonyl (C=O) groups excluding carboxylic acids is 1. The maximum Gasteiger partial charge on any atom is 0.269 e. The Bertz CT molecular complexity index is 399. The Morgan fingerprint density at radius 3 is 2.67 bits per heavy atom. The van der Waals surface area contributed by atoms with E-state index in [0.717, 1.165) is 12.1 Å². The molecule has 18 heavy (non-hydrogen) atoms. The predicted octanol–water partition coefficient (Wildman–Crippen LogP) is 1.21. The van der Waals surface area contributed by atoms with E-state index in [1.165, 1.54) is 0 Å². The second-order valence-electron chi connectivity index (χ2n) is 4.71. The van der Waals surface area contributed by atoms with Crippen LogP contribution < -0.4 is 5.32 Å². The van der Waals surface area contributed by atoms with E-state index in [-0.39, 0.29) is 18.4 Å². The number of carbonyl (C=O) groups is 1. The fourth-order valence-corrected chi connectivity index (χ4v) is 1.59. The Hall–Kier alpha value is -1.36. The van der Waals surface area contributed by atoms with Gasteiger partial charge >= 0.3 is 0 Å². The molecule has 0 radical (unpaired) electrons. The minimum absolute atomic E-state index is 0.132. The molecule has 102 valence electrons. The molecule has 0 aliphatic carbocycles. The van der Waals surface area contributed by atoms with Crippen molar-refractivity contribution >= 4 is 5.91 Å². The summed E-state index contributed by atoms with van der Waals surface area (Å²) in [7, 11) is 0. The summed E-state index contributed by atoms with van der Waals surface area (Å²) >= 11 is 0. The minimum atomic E-state index is -0.516. The fraction of sp³-hybridized carbons (Fsp3) is 0.692. The van der Waals surface area contributed by atoms with Gasteiger partial charge in [0.15, 0.2) is 0 Å². The molecule has 1 aromatic heterocycles. The van der Waals surface area contributed by atoms with E-state index in [4.69, 9.17) is 0 Å². The van der Waals surface area contributed by atoms with E-state index >= 15 is 0 Å². The lowest BCUT2D eigenvalue weighted by molar-refractivity contribution is 0.0862. The standard InChI is InChI=1S/C13H23N3O2/c1-5-10-7-11(16(6-2)15-10)13(18)14-8-12(17)9(3)4/h7,9,12,17H,5-6,8H2,1-4H3,(H,14,18). The highest BCUT2D eigenvalue weighted by Crippen LogP contribution is 2.06. The summed E-state index contributed by atoms with van der Waals surface area (Å²) in [5.74, 6) is -0.0451. The van der Waals surface area contributed by atoms with Gasteiger partial charge in [-0.3, -0.25) is 9.48 Å². The van der Waals surface area contributed by atoms with Crippen LogP contribution in [0.3, 0.4) is 0 Å². The molecule has 0 aromatic carbocycles. The van der Waals surface area contributed by atoms with Crippen LogP contribution in [0.2, 0.25) is 0 Å². The molecule has 0 aliphatic heterocycles. The summed E-state index contributed by atoms with van der Waals surface area (Å²) in [6.07, 6.45) is 0.291. The van der Waals surface area contributed by atoms with E-state index in [1.807, 2.05) is 27.7 Å². The summed E-state index contributed by atoms with van der Waals surface area (Å²) in [5, 5.41) is 16.7. The minimum Gasteiger partial charge on any atom is -0.391 e. The van der Waals surface area contributed by atoms with E-state index in [9.17, 15) is 9.90 Å². The normalized spacial score (nSPS) is 12.8. The molecule has 5 nitrogen and oxygen atoms in total. The Morgan fingerprint density at radius 2 is 2.17 bits per heavy atom. The van der Waals surface area contributed by atoms with Crippen LogP contribution in [0, 0.1) is 5.92 Å². The highest BCUT2D eigenvalue weighted by atomic mass is 16.3. The zero-order valence-corrected chi connectivity index (χ0v) is 11.6. The van der Waals surface area contributed by atoms with Crippen LogP contribution in [0.15, 0.2) is 6.07 Å². The lowest BCUT2D eigenvalue weighted by Gasteiger charge is -2.15. The highest BCUT2D eigenvalue weighted by Gasteiger charge is 2.16. The number of nitrogens with one attached hydrogen (secondary N) is 1. The van der Waals surface area contributed by atoms with Crippen molar-refractivity contribution in [3.63, 3.8) is 0 Å². The van der Waals surface area contributed by atoms with Gasteiger partial charge in [-0.2, -0.15) is 5.10 Å². The lowest BCUT2D eigenvalue weighted by Crippen LogP contribution is -2.35. The van der Waals surface area contributed by atoms with Crippen LogP contribution in [-0.2, 0) is 13.0 Å². The first-order valence-electron chi connectivity index (χ1n) is 6.52. The van der Waals surface area contributed by atoms with Crippen molar-refractivity contribution in [2.75, 3.05) is 6.54 Å². The summed E-state index contributed by atoms with van der Waals surface area (Å²) in [6.45, 7) is 8.73. The van der Waals surface area contributed by atoms with Gasteiger partial charge in [-0.15, -0.1) is 0 Å². The van der Waals surface area contributed by atoms with E-state index in [0.29, 0.717) is 12.2 Å². The molecular formula is C13H23N3O2. The van der Waals surface area contributed by atoms with Crippen molar-refractivity contribution in [3.8, 4) is 0 Å². The van der Waals surface area contributed by atoms with Gasteiger partial charge in [-0.05, 0) is 25.3 Å². The monoisotopic (exact) mass is 253 g/mol. The fourth-order valence-electron chi connectivity index (χ4n) is 1.59. The van der Waals surface area contributed by atoms with Crippen LogP contribution in [0.5, 0.6) is 0 Å². The molecule has 1 atom stereocenters. The summed E-state index contributed by atoms with van der Waals surface area (Å²) in [4.78, 5) is 12.0. The van der Waals surface area contributed by atoms with Gasteiger partial charge < -0.3 is 10.4 Å². The van der Waals surface area contributed by atoms with Crippen molar-refractivity contribution in [2.45, 2.75) is 46.8 Å². The van der Waals surface area contributed by atoms with Crippen LogP contribution in [0.4, 0.5) is 0 Å². The average Bonchev–Trinajstić information content (AvgIpc) is 2.78. The molecule has 0 fully saturated rings. The number of aliphatic hydroxyl groups is 1. The van der Waals surface area contributed by atoms with E-state index < -0.39 is 6.10 Å². The largest absolute Gasteiger partial charge is 0.391 e. The van der Waals surface area contributed by atoms with E-state index in [1.54, 1.807) is 10.7 Å². The number of hydrogen-bond donors (Lipinski definition) is 2. The number of amides is 1. The number of nitrogens with zero attached hydrogens (tertiary/aromatic N) is 2. The number of hydrogen-bond acceptors (Lipinski definition) is 3. The van der Waals surface area contributed by atoms with Crippen molar-refractivity contribution in [1.29, 1.82) is 0 Å². The third-order valence-corrected chi connectivity index (χ3v) is 2.97.